The van der Waals surface area contributed by atoms with Gasteiger partial charge < -0.3 is 19.5 Å². The number of nitrogens with zero attached hydrogens (tertiary/aromatic N) is 2. The van der Waals surface area contributed by atoms with E-state index in [4.69, 9.17) is 35.8 Å². The zero-order valence-corrected chi connectivity index (χ0v) is 17.9. The Morgan fingerprint density at radius 1 is 1.21 bits per heavy atom. The lowest BCUT2D eigenvalue weighted by Gasteiger charge is -2.20. The van der Waals surface area contributed by atoms with Gasteiger partial charge in [0.25, 0.3) is 0 Å². The Morgan fingerprint density at radius 3 is 2.59 bits per heavy atom. The molecule has 1 fully saturated rings. The van der Waals surface area contributed by atoms with Gasteiger partial charge in [0.2, 0.25) is 0 Å². The number of anilines is 1. The maximum Gasteiger partial charge on any atom is 0.331 e. The molecule has 1 aromatic heterocycles. The molecule has 0 radical (unpaired) electrons. The van der Waals surface area contributed by atoms with E-state index in [1.807, 2.05) is 32.9 Å². The second-order valence-electron chi connectivity index (χ2n) is 6.61. The minimum atomic E-state index is -0.602. The number of nitrogens with one attached hydrogen (secondary N) is 1. The molecular weight excluding hydrogens is 394 g/mol. The van der Waals surface area contributed by atoms with Gasteiger partial charge in [0.1, 0.15) is 24.3 Å². The van der Waals surface area contributed by atoms with E-state index in [1.165, 1.54) is 0 Å². The highest BCUT2D eigenvalue weighted by Crippen LogP contribution is 2.33. The first-order chi connectivity index (χ1) is 14.0. The van der Waals surface area contributed by atoms with E-state index in [2.05, 4.69) is 5.32 Å². The summed E-state index contributed by atoms with van der Waals surface area (Å²) in [7, 11) is 1.60. The number of aromatic nitrogens is 2. The number of halogens is 1. The number of cyclic esters (lactones) is 1. The molecule has 1 aliphatic heterocycles. The highest BCUT2D eigenvalue weighted by Gasteiger charge is 2.38. The fourth-order valence-corrected chi connectivity index (χ4v) is 3.56. The number of esters is 1. The van der Waals surface area contributed by atoms with Gasteiger partial charge >= 0.3 is 5.97 Å². The van der Waals surface area contributed by atoms with E-state index < -0.39 is 6.04 Å². The standard InChI is InChI=1S/C21H26ClN3O4/c1-5-15-18(13-9-8-12(27-4)10-14(13)22)23-16(6-2)20(24-15)25-19-17(28-7-3)11-29-21(19)26/h8-10,17,19H,5-7,11H2,1-4H3,(H,24,25)/t17-,19-/m0/s1. The Kier molecular flexibility index (Phi) is 6.92. The molecule has 29 heavy (non-hydrogen) atoms. The van der Waals surface area contributed by atoms with Crippen LogP contribution in [0.2, 0.25) is 5.02 Å². The van der Waals surface area contributed by atoms with Crippen LogP contribution in [0, 0.1) is 0 Å². The van der Waals surface area contributed by atoms with Crippen LogP contribution in [0.5, 0.6) is 5.75 Å². The van der Waals surface area contributed by atoms with Gasteiger partial charge in [0, 0.05) is 12.2 Å². The molecule has 2 heterocycles. The van der Waals surface area contributed by atoms with Gasteiger partial charge in [-0.15, -0.1) is 0 Å². The van der Waals surface area contributed by atoms with Crippen molar-refractivity contribution in [2.75, 3.05) is 25.6 Å². The summed E-state index contributed by atoms with van der Waals surface area (Å²) in [6, 6.07) is 4.89. The van der Waals surface area contributed by atoms with Crippen LogP contribution >= 0.6 is 11.6 Å². The summed E-state index contributed by atoms with van der Waals surface area (Å²) in [5.74, 6) is 0.916. The maximum atomic E-state index is 12.2. The summed E-state index contributed by atoms with van der Waals surface area (Å²) >= 11 is 6.48. The van der Waals surface area contributed by atoms with Crippen LogP contribution in [0.4, 0.5) is 5.82 Å². The van der Waals surface area contributed by atoms with Crippen molar-refractivity contribution in [1.29, 1.82) is 0 Å². The van der Waals surface area contributed by atoms with Gasteiger partial charge in [0.05, 0.1) is 29.2 Å². The summed E-state index contributed by atoms with van der Waals surface area (Å²) in [4.78, 5) is 21.8. The summed E-state index contributed by atoms with van der Waals surface area (Å²) in [5, 5.41) is 3.75. The SMILES string of the molecule is CCO[C@H]1COC(=O)[C@H]1Nc1nc(CC)c(-c2ccc(OC)cc2Cl)nc1CC. The average Bonchev–Trinajstić information content (AvgIpc) is 3.07. The van der Waals surface area contributed by atoms with Crippen molar-refractivity contribution in [2.24, 2.45) is 0 Å². The van der Waals surface area contributed by atoms with Crippen molar-refractivity contribution in [2.45, 2.75) is 45.8 Å². The Morgan fingerprint density at radius 2 is 1.97 bits per heavy atom. The number of ether oxygens (including phenoxy) is 3. The summed E-state index contributed by atoms with van der Waals surface area (Å²) in [5.41, 5.74) is 3.07. The van der Waals surface area contributed by atoms with E-state index in [0.717, 1.165) is 22.6 Å². The highest BCUT2D eigenvalue weighted by atomic mass is 35.5. The normalized spacial score (nSPS) is 18.6. The molecule has 2 aromatic rings. The first kappa shape index (κ1) is 21.3. The number of hydrogen-bond donors (Lipinski definition) is 1. The van der Waals surface area contributed by atoms with Crippen molar-refractivity contribution >= 4 is 23.4 Å². The molecule has 0 aliphatic carbocycles. The molecule has 1 N–H and O–H groups in total. The van der Waals surface area contributed by atoms with Crippen molar-refractivity contribution in [1.82, 2.24) is 9.97 Å². The Labute approximate surface area is 175 Å². The van der Waals surface area contributed by atoms with Crippen LogP contribution in [0.1, 0.15) is 32.2 Å². The molecule has 156 valence electrons. The zero-order valence-electron chi connectivity index (χ0n) is 17.1. The van der Waals surface area contributed by atoms with Crippen LogP contribution in [0.3, 0.4) is 0 Å². The van der Waals surface area contributed by atoms with Crippen LogP contribution in [-0.2, 0) is 27.1 Å². The molecule has 0 bridgehead atoms. The predicted molar refractivity (Wildman–Crippen MR) is 112 cm³/mol. The second kappa shape index (κ2) is 9.41. The maximum absolute atomic E-state index is 12.2. The highest BCUT2D eigenvalue weighted by molar-refractivity contribution is 6.33. The topological polar surface area (TPSA) is 82.6 Å². The lowest BCUT2D eigenvalue weighted by atomic mass is 10.1. The number of carbonyl (C=O) groups is 1. The van der Waals surface area contributed by atoms with Gasteiger partial charge in [-0.1, -0.05) is 25.4 Å². The van der Waals surface area contributed by atoms with Gasteiger partial charge in [-0.05, 0) is 38.0 Å². The van der Waals surface area contributed by atoms with Crippen molar-refractivity contribution in [3.8, 4) is 17.0 Å². The zero-order chi connectivity index (χ0) is 21.0. The van der Waals surface area contributed by atoms with E-state index >= 15 is 0 Å². The first-order valence-electron chi connectivity index (χ1n) is 9.80. The lowest BCUT2D eigenvalue weighted by Crippen LogP contribution is -2.37. The molecule has 2 atom stereocenters. The average molecular weight is 420 g/mol. The monoisotopic (exact) mass is 419 g/mol. The molecule has 0 amide bonds. The smallest absolute Gasteiger partial charge is 0.331 e. The van der Waals surface area contributed by atoms with Crippen LogP contribution < -0.4 is 10.1 Å². The van der Waals surface area contributed by atoms with Gasteiger partial charge in [0.15, 0.2) is 6.04 Å². The number of hydrogen-bond acceptors (Lipinski definition) is 7. The largest absolute Gasteiger partial charge is 0.497 e. The first-order valence-corrected chi connectivity index (χ1v) is 10.2. The fraction of sp³-hybridized carbons (Fsp3) is 0.476. The third kappa shape index (κ3) is 4.46. The second-order valence-corrected chi connectivity index (χ2v) is 7.02. The Balaban J connectivity index is 2.00. The van der Waals surface area contributed by atoms with Crippen molar-refractivity contribution in [3.63, 3.8) is 0 Å². The Hall–Kier alpha value is -2.38. The number of methoxy groups -OCH3 is 1. The third-order valence-electron chi connectivity index (χ3n) is 4.83. The Bertz CT molecular complexity index is 890. The van der Waals surface area contributed by atoms with Crippen LogP contribution in [0.15, 0.2) is 18.2 Å². The predicted octanol–water partition coefficient (Wildman–Crippen LogP) is 3.67. The minimum Gasteiger partial charge on any atom is -0.497 e. The van der Waals surface area contributed by atoms with Crippen LogP contribution in [0.25, 0.3) is 11.3 Å². The third-order valence-corrected chi connectivity index (χ3v) is 5.14. The molecule has 8 heteroatoms. The van der Waals surface area contributed by atoms with Gasteiger partial charge in [-0.3, -0.25) is 0 Å². The molecule has 1 aliphatic rings. The molecular formula is C21H26ClN3O4. The summed E-state index contributed by atoms with van der Waals surface area (Å²) < 4.78 is 16.0. The van der Waals surface area contributed by atoms with E-state index in [-0.39, 0.29) is 18.7 Å². The van der Waals surface area contributed by atoms with Crippen molar-refractivity contribution in [3.05, 3.63) is 34.6 Å². The number of benzene rings is 1. The number of aryl methyl sites for hydroxylation is 2. The summed E-state index contributed by atoms with van der Waals surface area (Å²) in [6.07, 6.45) is 0.953. The van der Waals surface area contributed by atoms with Gasteiger partial charge in [-0.25, -0.2) is 14.8 Å². The fourth-order valence-electron chi connectivity index (χ4n) is 3.30. The molecule has 1 saturated heterocycles. The molecule has 0 spiro atoms. The number of carbonyl (C=O) groups excluding carboxylic acids is 1. The molecule has 3 rings (SSSR count). The van der Waals surface area contributed by atoms with Gasteiger partial charge in [-0.2, -0.15) is 0 Å². The quantitative estimate of drug-likeness (QED) is 0.653. The van der Waals surface area contributed by atoms with Crippen molar-refractivity contribution < 1.29 is 19.0 Å². The summed E-state index contributed by atoms with van der Waals surface area (Å²) in [6.45, 7) is 6.63. The van der Waals surface area contributed by atoms with E-state index in [9.17, 15) is 4.79 Å². The van der Waals surface area contributed by atoms with E-state index in [1.54, 1.807) is 13.2 Å². The molecule has 7 nitrogen and oxygen atoms in total. The molecule has 1 aromatic carbocycles. The molecule has 0 unspecified atom stereocenters. The van der Waals surface area contributed by atoms with E-state index in [0.29, 0.717) is 36.0 Å². The number of rotatable bonds is 8. The lowest BCUT2D eigenvalue weighted by molar-refractivity contribution is -0.138. The molecule has 0 saturated carbocycles. The van der Waals surface area contributed by atoms with Crippen LogP contribution in [-0.4, -0.2) is 48.4 Å². The minimum absolute atomic E-state index is 0.236.